The van der Waals surface area contributed by atoms with Crippen molar-refractivity contribution < 1.29 is 14.5 Å². The quantitative estimate of drug-likeness (QED) is 0.487. The van der Waals surface area contributed by atoms with E-state index in [9.17, 15) is 14.9 Å². The van der Waals surface area contributed by atoms with Gasteiger partial charge in [0, 0.05) is 20.1 Å². The molecular weight excluding hydrogens is 326 g/mol. The standard InChI is InChI=1S/C16H19N5O4/c1-11-15(21(23)24)16(19(2)18-11)17-8-5-9-20-12-6-3-4-7-13(12)25-10-14(20)22/h3-4,6-7,17H,5,8-10H2,1-2H3. The number of hydrogen-bond donors (Lipinski definition) is 1. The molecule has 0 unspecified atom stereocenters. The largest absolute Gasteiger partial charge is 0.482 e. The zero-order valence-corrected chi connectivity index (χ0v) is 14.1. The summed E-state index contributed by atoms with van der Waals surface area (Å²) in [6.07, 6.45) is 0.626. The number of ether oxygens (including phenoxy) is 1. The molecule has 132 valence electrons. The second-order valence-corrected chi connectivity index (χ2v) is 5.75. The molecule has 0 bridgehead atoms. The molecule has 9 nitrogen and oxygen atoms in total. The SMILES string of the molecule is Cc1nn(C)c(NCCCN2C(=O)COc3ccccc32)c1[N+](=O)[O-]. The number of anilines is 2. The van der Waals surface area contributed by atoms with E-state index in [-0.39, 0.29) is 18.2 Å². The molecule has 0 fully saturated rings. The molecule has 0 saturated carbocycles. The number of nitro groups is 1. The highest BCUT2D eigenvalue weighted by molar-refractivity contribution is 5.97. The lowest BCUT2D eigenvalue weighted by Crippen LogP contribution is -2.39. The number of carbonyl (C=O) groups is 1. The van der Waals surface area contributed by atoms with Crippen LogP contribution in [0.25, 0.3) is 0 Å². The van der Waals surface area contributed by atoms with Crippen LogP contribution in [-0.2, 0) is 11.8 Å². The first-order chi connectivity index (χ1) is 12.0. The van der Waals surface area contributed by atoms with E-state index in [2.05, 4.69) is 10.4 Å². The van der Waals surface area contributed by atoms with E-state index >= 15 is 0 Å². The lowest BCUT2D eigenvalue weighted by molar-refractivity contribution is -0.384. The summed E-state index contributed by atoms with van der Waals surface area (Å²) in [5, 5.41) is 18.3. The van der Waals surface area contributed by atoms with E-state index in [1.165, 1.54) is 4.68 Å². The third-order valence-electron chi connectivity index (χ3n) is 4.03. The summed E-state index contributed by atoms with van der Waals surface area (Å²) in [7, 11) is 1.66. The molecule has 0 spiro atoms. The average Bonchev–Trinajstić information content (AvgIpc) is 2.86. The van der Waals surface area contributed by atoms with Gasteiger partial charge in [-0.05, 0) is 25.5 Å². The molecule has 1 aliphatic heterocycles. The van der Waals surface area contributed by atoms with Crippen LogP contribution in [0.1, 0.15) is 12.1 Å². The van der Waals surface area contributed by atoms with Gasteiger partial charge in [-0.1, -0.05) is 12.1 Å². The van der Waals surface area contributed by atoms with E-state index < -0.39 is 4.92 Å². The summed E-state index contributed by atoms with van der Waals surface area (Å²) in [5.41, 5.74) is 1.10. The van der Waals surface area contributed by atoms with Gasteiger partial charge in [-0.25, -0.2) is 4.68 Å². The molecule has 0 radical (unpaired) electrons. The fourth-order valence-corrected chi connectivity index (χ4v) is 2.91. The molecule has 2 aromatic rings. The first-order valence-electron chi connectivity index (χ1n) is 7.93. The second kappa shape index (κ2) is 6.80. The first kappa shape index (κ1) is 16.7. The number of carbonyl (C=O) groups excluding carboxylic acids is 1. The van der Waals surface area contributed by atoms with Crippen LogP contribution in [0.3, 0.4) is 0 Å². The maximum Gasteiger partial charge on any atom is 0.333 e. The zero-order valence-electron chi connectivity index (χ0n) is 14.1. The predicted molar refractivity (Wildman–Crippen MR) is 92.0 cm³/mol. The van der Waals surface area contributed by atoms with E-state index in [0.29, 0.717) is 36.8 Å². The van der Waals surface area contributed by atoms with Crippen LogP contribution >= 0.6 is 0 Å². The number of para-hydroxylation sites is 2. The maximum absolute atomic E-state index is 12.1. The summed E-state index contributed by atoms with van der Waals surface area (Å²) in [6.45, 7) is 2.60. The number of aromatic nitrogens is 2. The van der Waals surface area contributed by atoms with Crippen LogP contribution < -0.4 is 15.0 Å². The van der Waals surface area contributed by atoms with Gasteiger partial charge in [-0.15, -0.1) is 0 Å². The number of benzene rings is 1. The molecule has 1 aromatic carbocycles. The van der Waals surface area contributed by atoms with Gasteiger partial charge in [-0.3, -0.25) is 14.9 Å². The Morgan fingerprint density at radius 2 is 2.16 bits per heavy atom. The molecule has 1 amide bonds. The summed E-state index contributed by atoms with van der Waals surface area (Å²) in [6, 6.07) is 7.38. The van der Waals surface area contributed by atoms with Gasteiger partial charge >= 0.3 is 5.69 Å². The molecule has 25 heavy (non-hydrogen) atoms. The van der Waals surface area contributed by atoms with E-state index in [4.69, 9.17) is 4.74 Å². The fourth-order valence-electron chi connectivity index (χ4n) is 2.91. The highest BCUT2D eigenvalue weighted by Crippen LogP contribution is 2.31. The van der Waals surface area contributed by atoms with Crippen molar-refractivity contribution in [3.8, 4) is 5.75 Å². The molecule has 1 aliphatic rings. The highest BCUT2D eigenvalue weighted by Gasteiger charge is 2.26. The summed E-state index contributed by atoms with van der Waals surface area (Å²) in [5.74, 6) is 0.963. The van der Waals surface area contributed by atoms with Gasteiger partial charge < -0.3 is 15.0 Å². The van der Waals surface area contributed by atoms with Crippen LogP contribution in [0, 0.1) is 17.0 Å². The van der Waals surface area contributed by atoms with Gasteiger partial charge in [0.2, 0.25) is 5.82 Å². The van der Waals surface area contributed by atoms with Crippen molar-refractivity contribution in [1.29, 1.82) is 0 Å². The van der Waals surface area contributed by atoms with Gasteiger partial charge in [-0.2, -0.15) is 5.10 Å². The first-order valence-corrected chi connectivity index (χ1v) is 7.93. The molecule has 0 saturated heterocycles. The molecule has 0 atom stereocenters. The monoisotopic (exact) mass is 345 g/mol. The van der Waals surface area contributed by atoms with Crippen molar-refractivity contribution in [3.05, 3.63) is 40.1 Å². The number of fused-ring (bicyclic) bond motifs is 1. The van der Waals surface area contributed by atoms with Crippen LogP contribution in [0.4, 0.5) is 17.2 Å². The van der Waals surface area contributed by atoms with Crippen molar-refractivity contribution in [2.75, 3.05) is 29.9 Å². The van der Waals surface area contributed by atoms with Crippen LogP contribution in [-0.4, -0.2) is 40.3 Å². The Labute approximate surface area is 144 Å². The molecule has 9 heteroatoms. The van der Waals surface area contributed by atoms with Gasteiger partial charge in [0.25, 0.3) is 5.91 Å². The Hall–Kier alpha value is -3.10. The van der Waals surface area contributed by atoms with Crippen LogP contribution in [0.5, 0.6) is 5.75 Å². The smallest absolute Gasteiger partial charge is 0.333 e. The molecule has 3 rings (SSSR count). The maximum atomic E-state index is 12.1. The lowest BCUT2D eigenvalue weighted by atomic mass is 10.2. The number of aryl methyl sites for hydroxylation is 2. The van der Waals surface area contributed by atoms with Crippen molar-refractivity contribution >= 4 is 23.1 Å². The van der Waals surface area contributed by atoms with E-state index in [1.54, 1.807) is 18.9 Å². The van der Waals surface area contributed by atoms with Crippen molar-refractivity contribution in [1.82, 2.24) is 9.78 Å². The molecule has 1 N–H and O–H groups in total. The minimum atomic E-state index is -0.438. The normalized spacial score (nSPS) is 13.4. The summed E-state index contributed by atoms with van der Waals surface area (Å²) < 4.78 is 6.87. The van der Waals surface area contributed by atoms with E-state index in [1.807, 2.05) is 24.3 Å². The average molecular weight is 345 g/mol. The number of nitrogens with zero attached hydrogens (tertiary/aromatic N) is 4. The topological polar surface area (TPSA) is 103 Å². The highest BCUT2D eigenvalue weighted by atomic mass is 16.6. The van der Waals surface area contributed by atoms with Crippen LogP contribution in [0.15, 0.2) is 24.3 Å². The second-order valence-electron chi connectivity index (χ2n) is 5.75. The summed E-state index contributed by atoms with van der Waals surface area (Å²) in [4.78, 5) is 24.5. The van der Waals surface area contributed by atoms with E-state index in [0.717, 1.165) is 5.69 Å². The number of rotatable bonds is 6. The molecule has 0 aliphatic carbocycles. The minimum absolute atomic E-state index is 0.0182. The van der Waals surface area contributed by atoms with Crippen LogP contribution in [0.2, 0.25) is 0 Å². The molecule has 2 heterocycles. The van der Waals surface area contributed by atoms with Crippen molar-refractivity contribution in [3.63, 3.8) is 0 Å². The van der Waals surface area contributed by atoms with Gasteiger partial charge in [0.15, 0.2) is 6.61 Å². The minimum Gasteiger partial charge on any atom is -0.482 e. The number of hydrogen-bond acceptors (Lipinski definition) is 6. The Morgan fingerprint density at radius 3 is 2.92 bits per heavy atom. The number of nitrogens with one attached hydrogen (secondary N) is 1. The number of amides is 1. The van der Waals surface area contributed by atoms with Gasteiger partial charge in [0.1, 0.15) is 11.4 Å². The molecular formula is C16H19N5O4. The summed E-state index contributed by atoms with van der Waals surface area (Å²) >= 11 is 0. The Morgan fingerprint density at radius 1 is 1.40 bits per heavy atom. The third kappa shape index (κ3) is 3.25. The van der Waals surface area contributed by atoms with Crippen molar-refractivity contribution in [2.24, 2.45) is 7.05 Å². The molecule has 1 aromatic heterocycles. The third-order valence-corrected chi connectivity index (χ3v) is 4.03. The van der Waals surface area contributed by atoms with Crippen molar-refractivity contribution in [2.45, 2.75) is 13.3 Å². The van der Waals surface area contributed by atoms with Gasteiger partial charge in [0.05, 0.1) is 10.6 Å². The Bertz CT molecular complexity index is 817. The Kier molecular flexibility index (Phi) is 4.55. The zero-order chi connectivity index (χ0) is 18.0. The lowest BCUT2D eigenvalue weighted by Gasteiger charge is -2.29. The predicted octanol–water partition coefficient (Wildman–Crippen LogP) is 1.86. The fraction of sp³-hybridized carbons (Fsp3) is 0.375. The Balaban J connectivity index is 1.63.